The molecular formula is C23H29N5O2S. The van der Waals surface area contributed by atoms with Gasteiger partial charge in [0.25, 0.3) is 0 Å². The van der Waals surface area contributed by atoms with Crippen LogP contribution in [0.2, 0.25) is 0 Å². The molecule has 0 amide bonds. The third-order valence-electron chi connectivity index (χ3n) is 5.23. The Morgan fingerprint density at radius 2 is 2.03 bits per heavy atom. The number of nitrogens with one attached hydrogen (secondary N) is 1. The first-order valence-electron chi connectivity index (χ1n) is 10.6. The van der Waals surface area contributed by atoms with Gasteiger partial charge in [0.15, 0.2) is 5.13 Å². The summed E-state index contributed by atoms with van der Waals surface area (Å²) in [6, 6.07) is 10.1. The average Bonchev–Trinajstić information content (AvgIpc) is 3.42. The van der Waals surface area contributed by atoms with Gasteiger partial charge >= 0.3 is 0 Å². The van der Waals surface area contributed by atoms with Crippen LogP contribution in [0.4, 0.5) is 5.13 Å². The zero-order valence-electron chi connectivity index (χ0n) is 18.1. The van der Waals surface area contributed by atoms with Crippen LogP contribution in [0.1, 0.15) is 11.3 Å². The zero-order valence-corrected chi connectivity index (χ0v) is 18.9. The SMILES string of the molecule is COc1ccccc1/C=C/CNc1nc(C)c(-c2ccn(CCN3CCOCC3)n2)s1. The van der Waals surface area contributed by atoms with Crippen LogP contribution < -0.4 is 10.1 Å². The number of para-hydroxylation sites is 1. The first-order chi connectivity index (χ1) is 15.2. The van der Waals surface area contributed by atoms with E-state index in [2.05, 4.69) is 39.6 Å². The van der Waals surface area contributed by atoms with Crippen molar-refractivity contribution in [3.05, 3.63) is 53.9 Å². The van der Waals surface area contributed by atoms with Crippen LogP contribution >= 0.6 is 11.3 Å². The molecule has 31 heavy (non-hydrogen) atoms. The maximum absolute atomic E-state index is 5.41. The highest BCUT2D eigenvalue weighted by molar-refractivity contribution is 7.19. The van der Waals surface area contributed by atoms with Gasteiger partial charge in [-0.1, -0.05) is 41.7 Å². The van der Waals surface area contributed by atoms with E-state index in [0.29, 0.717) is 6.54 Å². The van der Waals surface area contributed by atoms with Crippen molar-refractivity contribution in [1.82, 2.24) is 19.7 Å². The summed E-state index contributed by atoms with van der Waals surface area (Å²) in [5.41, 5.74) is 3.04. The monoisotopic (exact) mass is 439 g/mol. The number of methoxy groups -OCH3 is 1. The van der Waals surface area contributed by atoms with Crippen molar-refractivity contribution in [2.75, 3.05) is 51.8 Å². The van der Waals surface area contributed by atoms with E-state index < -0.39 is 0 Å². The smallest absolute Gasteiger partial charge is 0.183 e. The predicted molar refractivity (Wildman–Crippen MR) is 126 cm³/mol. The van der Waals surface area contributed by atoms with Crippen molar-refractivity contribution in [1.29, 1.82) is 0 Å². The van der Waals surface area contributed by atoms with Gasteiger partial charge in [-0.05, 0) is 19.1 Å². The van der Waals surface area contributed by atoms with E-state index in [1.807, 2.05) is 35.9 Å². The second-order valence-corrected chi connectivity index (χ2v) is 8.38. The van der Waals surface area contributed by atoms with E-state index >= 15 is 0 Å². The van der Waals surface area contributed by atoms with Crippen LogP contribution in [0, 0.1) is 6.92 Å². The number of anilines is 1. The fourth-order valence-electron chi connectivity index (χ4n) is 3.52. The molecule has 2 aromatic heterocycles. The summed E-state index contributed by atoms with van der Waals surface area (Å²) in [6.45, 7) is 8.27. The minimum Gasteiger partial charge on any atom is -0.496 e. The molecule has 4 rings (SSSR count). The second kappa shape index (κ2) is 10.6. The Kier molecular flexibility index (Phi) is 7.35. The number of ether oxygens (including phenoxy) is 2. The summed E-state index contributed by atoms with van der Waals surface area (Å²) < 4.78 is 12.8. The van der Waals surface area contributed by atoms with Crippen molar-refractivity contribution in [2.24, 2.45) is 0 Å². The van der Waals surface area contributed by atoms with E-state index in [-0.39, 0.29) is 0 Å². The first-order valence-corrected chi connectivity index (χ1v) is 11.4. The van der Waals surface area contributed by atoms with E-state index in [0.717, 1.165) is 72.1 Å². The van der Waals surface area contributed by atoms with Crippen LogP contribution in [0.25, 0.3) is 16.6 Å². The van der Waals surface area contributed by atoms with Crippen molar-refractivity contribution in [3.8, 4) is 16.3 Å². The predicted octanol–water partition coefficient (Wildman–Crippen LogP) is 3.78. The molecule has 0 unspecified atom stereocenters. The van der Waals surface area contributed by atoms with Gasteiger partial charge in [0.2, 0.25) is 0 Å². The second-order valence-electron chi connectivity index (χ2n) is 7.38. The Bertz CT molecular complexity index is 1010. The average molecular weight is 440 g/mol. The summed E-state index contributed by atoms with van der Waals surface area (Å²) in [5.74, 6) is 0.871. The molecule has 1 aromatic carbocycles. The van der Waals surface area contributed by atoms with Crippen molar-refractivity contribution in [2.45, 2.75) is 13.5 Å². The summed E-state index contributed by atoms with van der Waals surface area (Å²) in [7, 11) is 1.69. The molecule has 0 atom stereocenters. The first kappa shape index (κ1) is 21.5. The van der Waals surface area contributed by atoms with Gasteiger partial charge in [0.1, 0.15) is 11.4 Å². The number of rotatable bonds is 9. The zero-order chi connectivity index (χ0) is 21.5. The Balaban J connectivity index is 1.32. The van der Waals surface area contributed by atoms with E-state index in [1.165, 1.54) is 0 Å². The molecule has 1 aliphatic rings. The van der Waals surface area contributed by atoms with Crippen molar-refractivity contribution in [3.63, 3.8) is 0 Å². The minimum absolute atomic E-state index is 0.693. The molecule has 1 N–H and O–H groups in total. The van der Waals surface area contributed by atoms with Gasteiger partial charge in [-0.2, -0.15) is 5.10 Å². The van der Waals surface area contributed by atoms with Crippen LogP contribution in [-0.4, -0.2) is 66.2 Å². The lowest BCUT2D eigenvalue weighted by Gasteiger charge is -2.26. The van der Waals surface area contributed by atoms with Crippen LogP contribution in [0.3, 0.4) is 0 Å². The van der Waals surface area contributed by atoms with Gasteiger partial charge < -0.3 is 14.8 Å². The summed E-state index contributed by atoms with van der Waals surface area (Å²) in [5, 5.41) is 9.06. The van der Waals surface area contributed by atoms with Crippen LogP contribution in [0.5, 0.6) is 5.75 Å². The fraction of sp³-hybridized carbons (Fsp3) is 0.391. The Labute approximate surface area is 187 Å². The molecule has 3 aromatic rings. The Morgan fingerprint density at radius 3 is 2.87 bits per heavy atom. The Morgan fingerprint density at radius 1 is 1.19 bits per heavy atom. The van der Waals surface area contributed by atoms with E-state index in [9.17, 15) is 0 Å². The van der Waals surface area contributed by atoms with Gasteiger partial charge in [0, 0.05) is 37.9 Å². The number of morpholine rings is 1. The van der Waals surface area contributed by atoms with Gasteiger partial charge in [-0.3, -0.25) is 9.58 Å². The number of nitrogens with zero attached hydrogens (tertiary/aromatic N) is 4. The standard InChI is InChI=1S/C23H29N5O2S/c1-18-22(20-9-11-28(26-20)13-12-27-14-16-30-17-15-27)31-23(25-18)24-10-5-7-19-6-3-4-8-21(19)29-2/h3-9,11H,10,12-17H2,1-2H3,(H,24,25)/b7-5+. The number of benzene rings is 1. The van der Waals surface area contributed by atoms with E-state index in [1.54, 1.807) is 18.4 Å². The highest BCUT2D eigenvalue weighted by Gasteiger charge is 2.13. The number of thiazole rings is 1. The molecule has 0 saturated carbocycles. The lowest BCUT2D eigenvalue weighted by molar-refractivity contribution is 0.0360. The molecule has 0 radical (unpaired) electrons. The fourth-order valence-corrected chi connectivity index (χ4v) is 4.46. The molecule has 0 spiro atoms. The quantitative estimate of drug-likeness (QED) is 0.547. The molecule has 7 nitrogen and oxygen atoms in total. The number of aromatic nitrogens is 3. The van der Waals surface area contributed by atoms with E-state index in [4.69, 9.17) is 14.6 Å². The number of aryl methyl sites for hydroxylation is 1. The number of hydrogen-bond acceptors (Lipinski definition) is 7. The molecule has 3 heterocycles. The molecule has 164 valence electrons. The molecule has 1 fully saturated rings. The van der Waals surface area contributed by atoms with Gasteiger partial charge in [0.05, 0.1) is 37.4 Å². The maximum Gasteiger partial charge on any atom is 0.183 e. The molecular weight excluding hydrogens is 410 g/mol. The lowest BCUT2D eigenvalue weighted by Crippen LogP contribution is -2.38. The van der Waals surface area contributed by atoms with Crippen LogP contribution in [-0.2, 0) is 11.3 Å². The molecule has 1 saturated heterocycles. The third-order valence-corrected chi connectivity index (χ3v) is 6.36. The minimum atomic E-state index is 0.693. The molecule has 1 aliphatic heterocycles. The summed E-state index contributed by atoms with van der Waals surface area (Å²) >= 11 is 1.64. The highest BCUT2D eigenvalue weighted by Crippen LogP contribution is 2.31. The lowest BCUT2D eigenvalue weighted by atomic mass is 10.2. The summed E-state index contributed by atoms with van der Waals surface area (Å²) in [6.07, 6.45) is 6.19. The van der Waals surface area contributed by atoms with Gasteiger partial charge in [-0.15, -0.1) is 0 Å². The largest absolute Gasteiger partial charge is 0.496 e. The molecule has 8 heteroatoms. The van der Waals surface area contributed by atoms with Crippen molar-refractivity contribution < 1.29 is 9.47 Å². The van der Waals surface area contributed by atoms with Crippen LogP contribution in [0.15, 0.2) is 42.6 Å². The third kappa shape index (κ3) is 5.72. The highest BCUT2D eigenvalue weighted by atomic mass is 32.1. The molecule has 0 aliphatic carbocycles. The van der Waals surface area contributed by atoms with Crippen molar-refractivity contribution >= 4 is 22.5 Å². The molecule has 0 bridgehead atoms. The summed E-state index contributed by atoms with van der Waals surface area (Å²) in [4.78, 5) is 8.20. The van der Waals surface area contributed by atoms with Gasteiger partial charge in [-0.25, -0.2) is 4.98 Å². The Hall–Kier alpha value is -2.68. The number of hydrogen-bond donors (Lipinski definition) is 1. The normalized spacial score (nSPS) is 14.9. The topological polar surface area (TPSA) is 64.4 Å². The maximum atomic E-state index is 5.41.